The van der Waals surface area contributed by atoms with E-state index in [4.69, 9.17) is 11.6 Å². The van der Waals surface area contributed by atoms with Crippen molar-refractivity contribution in [2.75, 3.05) is 0 Å². The average molecular weight is 317 g/mol. The zero-order chi connectivity index (χ0) is 15.7. The summed E-state index contributed by atoms with van der Waals surface area (Å²) in [6.07, 6.45) is 1.63. The van der Waals surface area contributed by atoms with Gasteiger partial charge in [0, 0.05) is 23.2 Å². The maximum Gasteiger partial charge on any atom is 0.280 e. The second kappa shape index (κ2) is 5.44. The van der Waals surface area contributed by atoms with E-state index < -0.39 is 11.6 Å². The van der Waals surface area contributed by atoms with Gasteiger partial charge in [-0.05, 0) is 24.3 Å². The average Bonchev–Trinajstić information content (AvgIpc) is 2.91. The lowest BCUT2D eigenvalue weighted by molar-refractivity contribution is -0.0764. The molecule has 1 amide bonds. The number of nitrogens with zero attached hydrogens (tertiary/aromatic N) is 2. The van der Waals surface area contributed by atoms with E-state index in [9.17, 15) is 15.0 Å². The Kier molecular flexibility index (Phi) is 3.60. The Morgan fingerprint density at radius 3 is 2.55 bits per heavy atom. The Labute approximate surface area is 132 Å². The van der Waals surface area contributed by atoms with E-state index in [1.165, 1.54) is 18.3 Å². The van der Waals surface area contributed by atoms with Crippen LogP contribution in [0.4, 0.5) is 0 Å². The number of rotatable bonds is 2. The molecule has 1 heterocycles. The minimum absolute atomic E-state index is 0.0777. The van der Waals surface area contributed by atoms with Crippen molar-refractivity contribution in [1.29, 1.82) is 0 Å². The molecule has 0 fully saturated rings. The van der Waals surface area contributed by atoms with Gasteiger partial charge in [0.25, 0.3) is 5.91 Å². The van der Waals surface area contributed by atoms with Crippen LogP contribution in [0.25, 0.3) is 0 Å². The van der Waals surface area contributed by atoms with Gasteiger partial charge in [0.15, 0.2) is 5.72 Å². The van der Waals surface area contributed by atoms with E-state index in [1.807, 2.05) is 0 Å². The molecule has 0 bridgehead atoms. The smallest absolute Gasteiger partial charge is 0.280 e. The van der Waals surface area contributed by atoms with Crippen molar-refractivity contribution < 1.29 is 15.0 Å². The summed E-state index contributed by atoms with van der Waals surface area (Å²) < 4.78 is 0. The van der Waals surface area contributed by atoms with Crippen LogP contribution in [0.2, 0.25) is 5.02 Å². The predicted molar refractivity (Wildman–Crippen MR) is 82.7 cm³/mol. The van der Waals surface area contributed by atoms with Crippen molar-refractivity contribution in [2.45, 2.75) is 12.1 Å². The summed E-state index contributed by atoms with van der Waals surface area (Å²) in [6.45, 7) is 0. The molecule has 0 unspecified atom stereocenters. The molecule has 5 nitrogen and oxygen atoms in total. The summed E-state index contributed by atoms with van der Waals surface area (Å²) in [5, 5.41) is 26.2. The summed E-state index contributed by atoms with van der Waals surface area (Å²) in [4.78, 5) is 12.6. The number of halogens is 1. The van der Waals surface area contributed by atoms with Crippen LogP contribution in [0.3, 0.4) is 0 Å². The molecule has 1 atom stereocenters. The molecular formula is C16H13ClN2O3. The van der Waals surface area contributed by atoms with Crippen LogP contribution < -0.4 is 0 Å². The van der Waals surface area contributed by atoms with Crippen LogP contribution >= 0.6 is 11.6 Å². The van der Waals surface area contributed by atoms with Gasteiger partial charge in [-0.15, -0.1) is 0 Å². The standard InChI is InChI=1S/C16H13ClN2O3/c17-12-7-5-11(6-8-12)16(22)9-10-18-19(16)15(21)13-3-1-2-4-14(13)20/h1-8,10,20,22H,9H2/t16-/m0/s1. The number of para-hydroxylation sites is 1. The van der Waals surface area contributed by atoms with Crippen molar-refractivity contribution in [3.8, 4) is 5.75 Å². The number of carbonyl (C=O) groups excluding carboxylic acids is 1. The maximum absolute atomic E-state index is 12.6. The van der Waals surface area contributed by atoms with E-state index in [0.29, 0.717) is 10.6 Å². The van der Waals surface area contributed by atoms with Gasteiger partial charge < -0.3 is 10.2 Å². The SMILES string of the molecule is O=C(c1ccccc1O)N1N=CC[C@]1(O)c1ccc(Cl)cc1. The fourth-order valence-electron chi connectivity index (χ4n) is 2.38. The number of aliphatic hydroxyl groups is 1. The number of benzene rings is 2. The van der Waals surface area contributed by atoms with E-state index in [1.54, 1.807) is 36.4 Å². The van der Waals surface area contributed by atoms with Crippen LogP contribution in [0.5, 0.6) is 5.75 Å². The first kappa shape index (κ1) is 14.6. The largest absolute Gasteiger partial charge is 0.507 e. The molecule has 0 saturated heterocycles. The third kappa shape index (κ3) is 2.34. The fourth-order valence-corrected chi connectivity index (χ4v) is 2.50. The lowest BCUT2D eigenvalue weighted by Crippen LogP contribution is -2.43. The summed E-state index contributed by atoms with van der Waals surface area (Å²) in [7, 11) is 0. The maximum atomic E-state index is 12.6. The summed E-state index contributed by atoms with van der Waals surface area (Å²) in [5.74, 6) is -0.739. The highest BCUT2D eigenvalue weighted by atomic mass is 35.5. The molecule has 6 heteroatoms. The van der Waals surface area contributed by atoms with Crippen molar-refractivity contribution in [3.63, 3.8) is 0 Å². The Morgan fingerprint density at radius 2 is 1.86 bits per heavy atom. The third-order valence-corrected chi connectivity index (χ3v) is 3.81. The van der Waals surface area contributed by atoms with Gasteiger partial charge in [-0.2, -0.15) is 10.1 Å². The topological polar surface area (TPSA) is 73.1 Å². The van der Waals surface area contributed by atoms with Crippen molar-refractivity contribution in [3.05, 3.63) is 64.7 Å². The number of aromatic hydroxyl groups is 1. The van der Waals surface area contributed by atoms with Crippen molar-refractivity contribution in [1.82, 2.24) is 5.01 Å². The first-order chi connectivity index (χ1) is 10.5. The van der Waals surface area contributed by atoms with Gasteiger partial charge in [0.2, 0.25) is 0 Å². The van der Waals surface area contributed by atoms with Gasteiger partial charge in [0.05, 0.1) is 5.56 Å². The molecule has 0 radical (unpaired) electrons. The molecule has 22 heavy (non-hydrogen) atoms. The molecule has 2 aromatic rings. The van der Waals surface area contributed by atoms with Crippen LogP contribution in [0.1, 0.15) is 22.3 Å². The van der Waals surface area contributed by atoms with E-state index in [0.717, 1.165) is 5.01 Å². The molecule has 2 N–H and O–H groups in total. The van der Waals surface area contributed by atoms with Crippen LogP contribution in [-0.4, -0.2) is 27.3 Å². The molecule has 0 aliphatic carbocycles. The first-order valence-electron chi connectivity index (χ1n) is 6.66. The molecule has 2 aromatic carbocycles. The fraction of sp³-hybridized carbons (Fsp3) is 0.125. The number of hydrogen-bond acceptors (Lipinski definition) is 4. The number of amides is 1. The van der Waals surface area contributed by atoms with Crippen LogP contribution in [0.15, 0.2) is 53.6 Å². The Morgan fingerprint density at radius 1 is 1.18 bits per heavy atom. The van der Waals surface area contributed by atoms with Gasteiger partial charge in [-0.1, -0.05) is 35.9 Å². The molecular weight excluding hydrogens is 304 g/mol. The molecule has 112 valence electrons. The molecule has 1 aliphatic rings. The quantitative estimate of drug-likeness (QED) is 0.894. The molecule has 1 aliphatic heterocycles. The monoisotopic (exact) mass is 316 g/mol. The summed E-state index contributed by atoms with van der Waals surface area (Å²) in [6, 6.07) is 12.7. The highest BCUT2D eigenvalue weighted by molar-refractivity contribution is 6.30. The Hall–Kier alpha value is -2.37. The second-order valence-electron chi connectivity index (χ2n) is 4.96. The molecule has 0 saturated carbocycles. The molecule has 0 spiro atoms. The highest BCUT2D eigenvalue weighted by Crippen LogP contribution is 2.35. The highest BCUT2D eigenvalue weighted by Gasteiger charge is 2.43. The summed E-state index contributed by atoms with van der Waals surface area (Å²) >= 11 is 5.85. The van der Waals surface area contributed by atoms with Crippen LogP contribution in [0, 0.1) is 0 Å². The van der Waals surface area contributed by atoms with Gasteiger partial charge in [-0.3, -0.25) is 4.79 Å². The first-order valence-corrected chi connectivity index (χ1v) is 7.03. The Bertz CT molecular complexity index is 745. The van der Waals surface area contributed by atoms with Gasteiger partial charge in [0.1, 0.15) is 5.75 Å². The van der Waals surface area contributed by atoms with Gasteiger partial charge in [-0.25, -0.2) is 0 Å². The lowest BCUT2D eigenvalue weighted by atomic mass is 9.99. The molecule has 0 aromatic heterocycles. The summed E-state index contributed by atoms with van der Waals surface area (Å²) in [5.41, 5.74) is -1.02. The van der Waals surface area contributed by atoms with Crippen LogP contribution in [-0.2, 0) is 5.72 Å². The lowest BCUT2D eigenvalue weighted by Gasteiger charge is -2.31. The number of hydrogen-bond donors (Lipinski definition) is 2. The predicted octanol–water partition coefficient (Wildman–Crippen LogP) is 2.72. The number of phenols is 1. The number of hydrazone groups is 1. The third-order valence-electron chi connectivity index (χ3n) is 3.56. The number of phenolic OH excluding ortho intramolecular Hbond substituents is 1. The second-order valence-corrected chi connectivity index (χ2v) is 5.40. The van der Waals surface area contributed by atoms with E-state index in [2.05, 4.69) is 5.10 Å². The minimum atomic E-state index is -1.59. The minimum Gasteiger partial charge on any atom is -0.507 e. The zero-order valence-corrected chi connectivity index (χ0v) is 12.2. The number of carbonyl (C=O) groups is 1. The zero-order valence-electron chi connectivity index (χ0n) is 11.5. The van der Waals surface area contributed by atoms with E-state index >= 15 is 0 Å². The normalized spacial score (nSPS) is 20.4. The van der Waals surface area contributed by atoms with Gasteiger partial charge >= 0.3 is 0 Å². The van der Waals surface area contributed by atoms with Crippen molar-refractivity contribution in [2.24, 2.45) is 5.10 Å². The molecule has 3 rings (SSSR count). The van der Waals surface area contributed by atoms with Crippen molar-refractivity contribution >= 4 is 23.7 Å². The Balaban J connectivity index is 1.99. The van der Waals surface area contributed by atoms with E-state index in [-0.39, 0.29) is 17.7 Å².